The molecule has 110 valence electrons. The van der Waals surface area contributed by atoms with Crippen molar-refractivity contribution in [3.05, 3.63) is 35.1 Å². The number of nitrogens with zero attached hydrogens (tertiary/aromatic N) is 1. The van der Waals surface area contributed by atoms with Crippen LogP contribution >= 0.6 is 0 Å². The fourth-order valence-electron chi connectivity index (χ4n) is 1.40. The van der Waals surface area contributed by atoms with Crippen LogP contribution in [-0.4, -0.2) is 12.7 Å². The third kappa shape index (κ3) is 4.70. The van der Waals surface area contributed by atoms with Crippen LogP contribution in [0.15, 0.2) is 18.2 Å². The predicted octanol–water partition coefficient (Wildman–Crippen LogP) is 3.56. The SMILES string of the molecule is N#CC(NCC(F)(F)F)c1cc(F)cc(C(F)(F)F)c1. The number of halogens is 7. The first kappa shape index (κ1) is 16.2. The van der Waals surface area contributed by atoms with E-state index in [4.69, 9.17) is 5.26 Å². The minimum atomic E-state index is -4.86. The Balaban J connectivity index is 3.05. The lowest BCUT2D eigenvalue weighted by Crippen LogP contribution is -2.31. The molecule has 1 unspecified atom stereocenters. The number of nitriles is 1. The minimum Gasteiger partial charge on any atom is -0.290 e. The van der Waals surface area contributed by atoms with Crippen molar-refractivity contribution >= 4 is 0 Å². The Morgan fingerprint density at radius 2 is 1.70 bits per heavy atom. The summed E-state index contributed by atoms with van der Waals surface area (Å²) in [6, 6.07) is 0.854. The maximum Gasteiger partial charge on any atom is 0.416 e. The van der Waals surface area contributed by atoms with Gasteiger partial charge in [0.05, 0.1) is 18.2 Å². The molecule has 0 heterocycles. The number of hydrogen-bond donors (Lipinski definition) is 1. The zero-order valence-corrected chi connectivity index (χ0v) is 9.61. The number of alkyl halides is 6. The van der Waals surface area contributed by atoms with E-state index < -0.39 is 41.9 Å². The monoisotopic (exact) mass is 300 g/mol. The first-order valence-electron chi connectivity index (χ1n) is 5.10. The van der Waals surface area contributed by atoms with E-state index in [0.29, 0.717) is 12.1 Å². The molecule has 0 bridgehead atoms. The molecule has 0 aliphatic heterocycles. The second kappa shape index (κ2) is 5.66. The highest BCUT2D eigenvalue weighted by Crippen LogP contribution is 2.31. The highest BCUT2D eigenvalue weighted by molar-refractivity contribution is 5.31. The molecule has 0 saturated carbocycles. The molecule has 1 N–H and O–H groups in total. The van der Waals surface area contributed by atoms with Crippen LogP contribution < -0.4 is 5.32 Å². The van der Waals surface area contributed by atoms with Gasteiger partial charge in [-0.05, 0) is 23.8 Å². The Morgan fingerprint density at radius 3 is 2.15 bits per heavy atom. The van der Waals surface area contributed by atoms with Gasteiger partial charge in [-0.15, -0.1) is 0 Å². The van der Waals surface area contributed by atoms with Crippen molar-refractivity contribution in [2.45, 2.75) is 18.4 Å². The highest BCUT2D eigenvalue weighted by atomic mass is 19.4. The molecule has 1 aromatic rings. The van der Waals surface area contributed by atoms with Crippen LogP contribution in [0.1, 0.15) is 17.2 Å². The first-order chi connectivity index (χ1) is 9.03. The van der Waals surface area contributed by atoms with Crippen molar-refractivity contribution in [1.29, 1.82) is 5.26 Å². The van der Waals surface area contributed by atoms with Crippen molar-refractivity contribution in [3.63, 3.8) is 0 Å². The number of hydrogen-bond acceptors (Lipinski definition) is 2. The summed E-state index contributed by atoms with van der Waals surface area (Å²) in [6.07, 6.45) is -9.50. The Morgan fingerprint density at radius 1 is 1.10 bits per heavy atom. The fourth-order valence-corrected chi connectivity index (χ4v) is 1.40. The summed E-state index contributed by atoms with van der Waals surface area (Å²) in [6.45, 7) is -1.58. The summed E-state index contributed by atoms with van der Waals surface area (Å²) in [5.74, 6) is -1.29. The van der Waals surface area contributed by atoms with Gasteiger partial charge in [-0.1, -0.05) is 0 Å². The smallest absolute Gasteiger partial charge is 0.290 e. The van der Waals surface area contributed by atoms with E-state index in [1.54, 1.807) is 5.32 Å². The van der Waals surface area contributed by atoms with E-state index in [2.05, 4.69) is 0 Å². The second-order valence-electron chi connectivity index (χ2n) is 3.83. The lowest BCUT2D eigenvalue weighted by Gasteiger charge is -2.15. The van der Waals surface area contributed by atoms with Gasteiger partial charge < -0.3 is 0 Å². The van der Waals surface area contributed by atoms with E-state index in [1.165, 1.54) is 6.07 Å². The van der Waals surface area contributed by atoms with E-state index in [-0.39, 0.29) is 6.07 Å². The van der Waals surface area contributed by atoms with Crippen LogP contribution in [0.2, 0.25) is 0 Å². The molecule has 0 aliphatic carbocycles. The van der Waals surface area contributed by atoms with Crippen molar-refractivity contribution in [1.82, 2.24) is 5.32 Å². The largest absolute Gasteiger partial charge is 0.416 e. The van der Waals surface area contributed by atoms with E-state index in [9.17, 15) is 30.7 Å². The van der Waals surface area contributed by atoms with Gasteiger partial charge in [0.1, 0.15) is 11.9 Å². The lowest BCUT2D eigenvalue weighted by molar-refractivity contribution is -0.138. The van der Waals surface area contributed by atoms with Crippen molar-refractivity contribution < 1.29 is 30.7 Å². The van der Waals surface area contributed by atoms with Gasteiger partial charge in [0.15, 0.2) is 0 Å². The molecule has 1 rings (SSSR count). The summed E-state index contributed by atoms with van der Waals surface area (Å²) in [7, 11) is 0. The van der Waals surface area contributed by atoms with E-state index >= 15 is 0 Å². The first-order valence-corrected chi connectivity index (χ1v) is 5.10. The Bertz CT molecular complexity index is 513. The molecule has 0 amide bonds. The van der Waals surface area contributed by atoms with E-state index in [0.717, 1.165) is 0 Å². The van der Waals surface area contributed by atoms with Gasteiger partial charge in [0.25, 0.3) is 0 Å². The molecule has 1 aromatic carbocycles. The molecule has 2 nitrogen and oxygen atoms in total. The molecular weight excluding hydrogens is 293 g/mol. The number of benzene rings is 1. The van der Waals surface area contributed by atoms with Crippen LogP contribution in [-0.2, 0) is 6.18 Å². The summed E-state index contributed by atoms with van der Waals surface area (Å²) in [4.78, 5) is 0. The molecule has 0 aliphatic rings. The maximum absolute atomic E-state index is 13.1. The Kier molecular flexibility index (Phi) is 4.60. The molecule has 0 saturated heterocycles. The van der Waals surface area contributed by atoms with Gasteiger partial charge in [-0.2, -0.15) is 31.6 Å². The number of nitrogens with one attached hydrogen (secondary N) is 1. The maximum atomic E-state index is 13.1. The van der Waals surface area contributed by atoms with Crippen LogP contribution in [0.5, 0.6) is 0 Å². The third-order valence-corrected chi connectivity index (χ3v) is 2.22. The normalized spacial score (nSPS) is 13.9. The van der Waals surface area contributed by atoms with Crippen LogP contribution in [0.3, 0.4) is 0 Å². The molecule has 0 radical (unpaired) electrons. The van der Waals surface area contributed by atoms with Crippen LogP contribution in [0, 0.1) is 17.1 Å². The minimum absolute atomic E-state index is 0.196. The average Bonchev–Trinajstić information content (AvgIpc) is 2.26. The standard InChI is InChI=1S/C11H7F7N2/c12-8-2-6(1-7(3-8)11(16,17)18)9(4-19)20-5-10(13,14)15/h1-3,9,20H,5H2. The Hall–Kier alpha value is -1.82. The average molecular weight is 300 g/mol. The molecule has 1 atom stereocenters. The molecule has 9 heteroatoms. The quantitative estimate of drug-likeness (QED) is 0.866. The van der Waals surface area contributed by atoms with Gasteiger partial charge in [0.2, 0.25) is 0 Å². The summed E-state index contributed by atoms with van der Waals surface area (Å²) in [5.41, 5.74) is -1.90. The molecule has 0 fully saturated rings. The highest BCUT2D eigenvalue weighted by Gasteiger charge is 2.33. The second-order valence-corrected chi connectivity index (χ2v) is 3.83. The van der Waals surface area contributed by atoms with Gasteiger partial charge in [0, 0.05) is 0 Å². The van der Waals surface area contributed by atoms with Crippen molar-refractivity contribution in [2.24, 2.45) is 0 Å². The molecular formula is C11H7F7N2. The van der Waals surface area contributed by atoms with Crippen molar-refractivity contribution in [3.8, 4) is 6.07 Å². The summed E-state index contributed by atoms with van der Waals surface area (Å²) < 4.78 is 86.4. The lowest BCUT2D eigenvalue weighted by atomic mass is 10.0. The van der Waals surface area contributed by atoms with Crippen molar-refractivity contribution in [2.75, 3.05) is 6.54 Å². The zero-order chi connectivity index (χ0) is 15.6. The topological polar surface area (TPSA) is 35.8 Å². The summed E-state index contributed by atoms with van der Waals surface area (Å²) in [5, 5.41) is 10.4. The third-order valence-electron chi connectivity index (χ3n) is 2.22. The fraction of sp³-hybridized carbons (Fsp3) is 0.364. The van der Waals surface area contributed by atoms with Crippen LogP contribution in [0.4, 0.5) is 30.7 Å². The predicted molar refractivity (Wildman–Crippen MR) is 53.8 cm³/mol. The molecule has 0 aromatic heterocycles. The van der Waals surface area contributed by atoms with Gasteiger partial charge in [-0.3, -0.25) is 5.32 Å². The van der Waals surface area contributed by atoms with Gasteiger partial charge >= 0.3 is 12.4 Å². The summed E-state index contributed by atoms with van der Waals surface area (Å²) >= 11 is 0. The Labute approximate surface area is 108 Å². The van der Waals surface area contributed by atoms with Crippen LogP contribution in [0.25, 0.3) is 0 Å². The van der Waals surface area contributed by atoms with E-state index in [1.807, 2.05) is 0 Å². The zero-order valence-electron chi connectivity index (χ0n) is 9.61. The number of rotatable bonds is 3. The molecule has 0 spiro atoms. The molecule has 20 heavy (non-hydrogen) atoms. The van der Waals surface area contributed by atoms with Gasteiger partial charge in [-0.25, -0.2) is 4.39 Å².